The van der Waals surface area contributed by atoms with E-state index in [1.165, 1.54) is 18.6 Å². The Labute approximate surface area is 83.6 Å². The Balaban J connectivity index is 3.61. The van der Waals surface area contributed by atoms with Gasteiger partial charge in [0.1, 0.15) is 0 Å². The zero-order chi connectivity index (χ0) is 8.91. The van der Waals surface area contributed by atoms with Crippen molar-refractivity contribution >= 4 is 27.7 Å². The third kappa shape index (κ3) is 7.20. The first-order valence-electron chi connectivity index (χ1n) is 4.11. The Morgan fingerprint density at radius 3 is 2.36 bits per heavy atom. The van der Waals surface area contributed by atoms with Crippen LogP contribution in [0.2, 0.25) is 0 Å². The van der Waals surface area contributed by atoms with Crippen molar-refractivity contribution in [3.05, 3.63) is 0 Å². The van der Waals surface area contributed by atoms with Crippen molar-refractivity contribution in [3.8, 4) is 0 Å². The molecular formula is C9H19BrS. The van der Waals surface area contributed by atoms with Crippen molar-refractivity contribution in [1.82, 2.24) is 0 Å². The fourth-order valence-electron chi connectivity index (χ4n) is 1.24. The van der Waals surface area contributed by atoms with E-state index >= 15 is 0 Å². The van der Waals surface area contributed by atoms with Crippen LogP contribution in [-0.2, 0) is 0 Å². The van der Waals surface area contributed by atoms with Crippen LogP contribution < -0.4 is 0 Å². The predicted molar refractivity (Wildman–Crippen MR) is 59.8 cm³/mol. The van der Waals surface area contributed by atoms with Gasteiger partial charge >= 0.3 is 0 Å². The highest BCUT2D eigenvalue weighted by atomic mass is 79.9. The lowest BCUT2D eigenvalue weighted by molar-refractivity contribution is 0.327. The van der Waals surface area contributed by atoms with Crippen LogP contribution in [0.15, 0.2) is 0 Å². The molecule has 0 radical (unpaired) electrons. The van der Waals surface area contributed by atoms with Crippen molar-refractivity contribution in [1.29, 1.82) is 0 Å². The molecule has 0 aromatic rings. The molecule has 1 unspecified atom stereocenters. The smallest absolute Gasteiger partial charge is 0.0122 e. The molecule has 0 amide bonds. The molecular weight excluding hydrogens is 220 g/mol. The van der Waals surface area contributed by atoms with E-state index in [1.807, 2.05) is 11.8 Å². The number of halogens is 1. The SMILES string of the molecule is CSCCC(C)(C)CC(C)Br. The third-order valence-corrected chi connectivity index (χ3v) is 2.75. The molecule has 68 valence electrons. The van der Waals surface area contributed by atoms with Gasteiger partial charge in [-0.15, -0.1) is 0 Å². The minimum atomic E-state index is 0.506. The number of alkyl halides is 1. The normalized spacial score (nSPS) is 15.0. The fraction of sp³-hybridized carbons (Fsp3) is 1.00. The van der Waals surface area contributed by atoms with Gasteiger partial charge in [0.05, 0.1) is 0 Å². The predicted octanol–water partition coefficient (Wildman–Crippen LogP) is 3.94. The lowest BCUT2D eigenvalue weighted by Gasteiger charge is -2.25. The molecule has 0 aliphatic carbocycles. The van der Waals surface area contributed by atoms with Gasteiger partial charge < -0.3 is 0 Å². The maximum absolute atomic E-state index is 3.60. The Kier molecular flexibility index (Phi) is 5.88. The summed E-state index contributed by atoms with van der Waals surface area (Å²) in [7, 11) is 0. The van der Waals surface area contributed by atoms with E-state index in [9.17, 15) is 0 Å². The minimum absolute atomic E-state index is 0.506. The zero-order valence-corrected chi connectivity index (χ0v) is 10.4. The van der Waals surface area contributed by atoms with E-state index < -0.39 is 0 Å². The lowest BCUT2D eigenvalue weighted by Crippen LogP contribution is -2.16. The highest BCUT2D eigenvalue weighted by Crippen LogP contribution is 2.30. The third-order valence-electron chi connectivity index (χ3n) is 1.82. The van der Waals surface area contributed by atoms with Gasteiger partial charge in [-0.25, -0.2) is 0 Å². The molecule has 0 saturated heterocycles. The summed E-state index contributed by atoms with van der Waals surface area (Å²) in [6.07, 6.45) is 4.77. The van der Waals surface area contributed by atoms with Crippen LogP contribution >= 0.6 is 27.7 Å². The topological polar surface area (TPSA) is 0 Å². The molecule has 11 heavy (non-hydrogen) atoms. The summed E-state index contributed by atoms with van der Waals surface area (Å²) in [6, 6.07) is 0. The van der Waals surface area contributed by atoms with Crippen LogP contribution in [0, 0.1) is 5.41 Å². The van der Waals surface area contributed by atoms with Crippen molar-refractivity contribution in [2.45, 2.75) is 38.4 Å². The molecule has 0 N–H and O–H groups in total. The molecule has 0 aliphatic rings. The maximum Gasteiger partial charge on any atom is 0.0122 e. The van der Waals surface area contributed by atoms with Crippen LogP contribution in [0.5, 0.6) is 0 Å². The van der Waals surface area contributed by atoms with Crippen LogP contribution in [0.4, 0.5) is 0 Å². The standard InChI is InChI=1S/C9H19BrS/c1-8(10)7-9(2,3)5-6-11-4/h8H,5-7H2,1-4H3. The molecule has 1 atom stereocenters. The Morgan fingerprint density at radius 1 is 1.45 bits per heavy atom. The van der Waals surface area contributed by atoms with Gasteiger partial charge in [0.15, 0.2) is 0 Å². The lowest BCUT2D eigenvalue weighted by atomic mass is 9.85. The number of rotatable bonds is 5. The van der Waals surface area contributed by atoms with E-state index in [0.717, 1.165) is 0 Å². The summed E-state index contributed by atoms with van der Waals surface area (Å²) >= 11 is 5.54. The highest BCUT2D eigenvalue weighted by molar-refractivity contribution is 9.09. The Bertz CT molecular complexity index is 99.7. The minimum Gasteiger partial charge on any atom is -0.165 e. The average molecular weight is 239 g/mol. The molecule has 0 spiro atoms. The van der Waals surface area contributed by atoms with Gasteiger partial charge in [0, 0.05) is 4.83 Å². The van der Waals surface area contributed by atoms with Crippen LogP contribution in [-0.4, -0.2) is 16.8 Å². The number of hydrogen-bond donors (Lipinski definition) is 0. The summed E-state index contributed by atoms with van der Waals surface area (Å²) < 4.78 is 0. The quantitative estimate of drug-likeness (QED) is 0.655. The summed E-state index contributed by atoms with van der Waals surface area (Å²) in [4.78, 5) is 0.652. The van der Waals surface area contributed by atoms with Crippen LogP contribution in [0.25, 0.3) is 0 Å². The van der Waals surface area contributed by atoms with E-state index in [-0.39, 0.29) is 0 Å². The largest absolute Gasteiger partial charge is 0.165 e. The molecule has 0 aliphatic heterocycles. The number of hydrogen-bond acceptors (Lipinski definition) is 1. The molecule has 2 heteroatoms. The van der Waals surface area contributed by atoms with Crippen molar-refractivity contribution in [2.24, 2.45) is 5.41 Å². The van der Waals surface area contributed by atoms with Crippen LogP contribution in [0.3, 0.4) is 0 Å². The van der Waals surface area contributed by atoms with Crippen LogP contribution in [0.1, 0.15) is 33.6 Å². The van der Waals surface area contributed by atoms with E-state index in [0.29, 0.717) is 10.2 Å². The Morgan fingerprint density at radius 2 is 2.00 bits per heavy atom. The second-order valence-corrected chi connectivity index (χ2v) is 6.44. The second-order valence-electron chi connectivity index (χ2n) is 3.89. The first-order valence-corrected chi connectivity index (χ1v) is 6.42. The zero-order valence-electron chi connectivity index (χ0n) is 7.98. The Hall–Kier alpha value is 0.830. The summed E-state index contributed by atoms with van der Waals surface area (Å²) in [5.41, 5.74) is 0.506. The molecule has 0 nitrogen and oxygen atoms in total. The van der Waals surface area contributed by atoms with Crippen molar-refractivity contribution in [3.63, 3.8) is 0 Å². The second kappa shape index (κ2) is 5.47. The van der Waals surface area contributed by atoms with E-state index in [2.05, 4.69) is 43.0 Å². The van der Waals surface area contributed by atoms with Gasteiger partial charge in [0.2, 0.25) is 0 Å². The maximum atomic E-state index is 3.60. The van der Waals surface area contributed by atoms with Gasteiger partial charge in [-0.05, 0) is 30.3 Å². The van der Waals surface area contributed by atoms with Crippen molar-refractivity contribution < 1.29 is 0 Å². The van der Waals surface area contributed by atoms with Gasteiger partial charge in [-0.2, -0.15) is 11.8 Å². The summed E-state index contributed by atoms with van der Waals surface area (Å²) in [5, 5.41) is 0. The van der Waals surface area contributed by atoms with Gasteiger partial charge in [-0.3, -0.25) is 0 Å². The van der Waals surface area contributed by atoms with Gasteiger partial charge in [0.25, 0.3) is 0 Å². The molecule has 0 aromatic carbocycles. The monoisotopic (exact) mass is 238 g/mol. The van der Waals surface area contributed by atoms with E-state index in [4.69, 9.17) is 0 Å². The molecule has 0 rings (SSSR count). The highest BCUT2D eigenvalue weighted by Gasteiger charge is 2.18. The molecule has 0 bridgehead atoms. The van der Waals surface area contributed by atoms with Gasteiger partial charge in [-0.1, -0.05) is 36.7 Å². The molecule has 0 heterocycles. The first kappa shape index (κ1) is 11.8. The van der Waals surface area contributed by atoms with Crippen molar-refractivity contribution in [2.75, 3.05) is 12.0 Å². The fourth-order valence-corrected chi connectivity index (χ4v) is 2.87. The summed E-state index contributed by atoms with van der Waals surface area (Å²) in [5.74, 6) is 1.28. The molecule has 0 saturated carbocycles. The molecule has 0 aromatic heterocycles. The average Bonchev–Trinajstić information content (AvgIpc) is 1.81. The van der Waals surface area contributed by atoms with E-state index in [1.54, 1.807) is 0 Å². The summed E-state index contributed by atoms with van der Waals surface area (Å²) in [6.45, 7) is 6.92. The molecule has 0 fully saturated rings. The first-order chi connectivity index (χ1) is 4.98. The number of thioether (sulfide) groups is 1.